The second-order valence-corrected chi connectivity index (χ2v) is 12.9. The van der Waals surface area contributed by atoms with Crippen molar-refractivity contribution in [2.24, 2.45) is 28.6 Å². The predicted octanol–water partition coefficient (Wildman–Crippen LogP) is 6.75. The van der Waals surface area contributed by atoms with Gasteiger partial charge in [-0.25, -0.2) is 4.98 Å². The fraction of sp³-hybridized carbons (Fsp3) is 0.759. The molecule has 5 rings (SSSR count). The number of esters is 1. The molecule has 36 heavy (non-hydrogen) atoms. The summed E-state index contributed by atoms with van der Waals surface area (Å²) in [4.78, 5) is 27.8. The Kier molecular flexibility index (Phi) is 7.23. The first kappa shape index (κ1) is 25.7. The van der Waals surface area contributed by atoms with Crippen molar-refractivity contribution in [2.45, 2.75) is 103 Å². The molecule has 0 aliphatic heterocycles. The Morgan fingerprint density at radius 2 is 1.97 bits per heavy atom. The van der Waals surface area contributed by atoms with Gasteiger partial charge in [-0.15, -0.1) is 11.3 Å². The van der Waals surface area contributed by atoms with Crippen molar-refractivity contribution in [1.29, 1.82) is 0 Å². The average molecular weight is 516 g/mol. The summed E-state index contributed by atoms with van der Waals surface area (Å²) in [5, 5.41) is 12.2. The minimum absolute atomic E-state index is 0.0421. The van der Waals surface area contributed by atoms with Crippen molar-refractivity contribution >= 4 is 23.3 Å². The van der Waals surface area contributed by atoms with E-state index < -0.39 is 5.97 Å². The zero-order valence-electron chi connectivity index (χ0n) is 22.0. The van der Waals surface area contributed by atoms with Crippen LogP contribution in [0.5, 0.6) is 5.88 Å². The molecule has 1 N–H and O–H groups in total. The van der Waals surface area contributed by atoms with Gasteiger partial charge in [0.05, 0.1) is 24.8 Å². The summed E-state index contributed by atoms with van der Waals surface area (Å²) in [5.74, 6) is 2.14. The van der Waals surface area contributed by atoms with Gasteiger partial charge in [0.2, 0.25) is 5.88 Å². The quantitative estimate of drug-likeness (QED) is 0.304. The SMILES string of the molecule is CCCOc1csc(C2CC[C@H]3[C@@H]4CC=C5CC(OC(=O)CCC(=O)O)CC[C@]5(C)[C@H]4CC[C@]23C)n1. The van der Waals surface area contributed by atoms with Crippen molar-refractivity contribution in [3.05, 3.63) is 22.0 Å². The number of thiazole rings is 1. The number of nitrogens with zero attached hydrogens (tertiary/aromatic N) is 1. The summed E-state index contributed by atoms with van der Waals surface area (Å²) in [6, 6.07) is 0. The van der Waals surface area contributed by atoms with Gasteiger partial charge in [0, 0.05) is 12.3 Å². The number of hydrogen-bond donors (Lipinski definition) is 1. The maximum absolute atomic E-state index is 12.1. The molecule has 3 saturated carbocycles. The lowest BCUT2D eigenvalue weighted by atomic mass is 9.47. The molecule has 6 nitrogen and oxygen atoms in total. The second-order valence-electron chi connectivity index (χ2n) is 12.1. The molecule has 0 spiro atoms. The van der Waals surface area contributed by atoms with Gasteiger partial charge >= 0.3 is 11.9 Å². The third-order valence-corrected chi connectivity index (χ3v) is 11.1. The van der Waals surface area contributed by atoms with Gasteiger partial charge < -0.3 is 14.6 Å². The number of aliphatic carboxylic acids is 1. The largest absolute Gasteiger partial charge is 0.481 e. The van der Waals surface area contributed by atoms with Gasteiger partial charge in [-0.3, -0.25) is 9.59 Å². The van der Waals surface area contributed by atoms with E-state index in [2.05, 4.69) is 32.2 Å². The van der Waals surface area contributed by atoms with E-state index in [1.54, 1.807) is 11.3 Å². The number of carboxylic acids is 1. The fourth-order valence-electron chi connectivity index (χ4n) is 8.29. The van der Waals surface area contributed by atoms with Crippen LogP contribution in [-0.2, 0) is 14.3 Å². The highest BCUT2D eigenvalue weighted by Gasteiger charge is 2.59. The molecule has 3 fully saturated rings. The smallest absolute Gasteiger partial charge is 0.306 e. The molecule has 4 aliphatic carbocycles. The molecule has 198 valence electrons. The Hall–Kier alpha value is -1.89. The van der Waals surface area contributed by atoms with Crippen LogP contribution in [0.2, 0.25) is 0 Å². The Morgan fingerprint density at radius 1 is 1.14 bits per heavy atom. The lowest BCUT2D eigenvalue weighted by molar-refractivity contribution is -0.154. The van der Waals surface area contributed by atoms with Crippen LogP contribution in [-0.4, -0.2) is 34.7 Å². The van der Waals surface area contributed by atoms with Crippen LogP contribution >= 0.6 is 11.3 Å². The van der Waals surface area contributed by atoms with Crippen LogP contribution in [0.1, 0.15) is 102 Å². The van der Waals surface area contributed by atoms with Crippen molar-refractivity contribution in [3.63, 3.8) is 0 Å². The molecule has 7 atom stereocenters. The Bertz CT molecular complexity index is 1020. The Balaban J connectivity index is 1.27. The van der Waals surface area contributed by atoms with E-state index in [4.69, 9.17) is 19.6 Å². The van der Waals surface area contributed by atoms with E-state index in [0.717, 1.165) is 50.5 Å². The molecular weight excluding hydrogens is 474 g/mol. The molecule has 4 aliphatic rings. The molecule has 0 aromatic carbocycles. The van der Waals surface area contributed by atoms with Crippen LogP contribution in [0.3, 0.4) is 0 Å². The highest BCUT2D eigenvalue weighted by Crippen LogP contribution is 2.68. The van der Waals surface area contributed by atoms with E-state index in [1.165, 1.54) is 36.3 Å². The molecule has 0 radical (unpaired) electrons. The zero-order valence-corrected chi connectivity index (χ0v) is 22.8. The van der Waals surface area contributed by atoms with E-state index in [9.17, 15) is 9.59 Å². The lowest BCUT2D eigenvalue weighted by Crippen LogP contribution is -2.50. The first-order valence-corrected chi connectivity index (χ1v) is 14.8. The van der Waals surface area contributed by atoms with Crippen molar-refractivity contribution in [2.75, 3.05) is 6.61 Å². The molecule has 1 aromatic heterocycles. The van der Waals surface area contributed by atoms with Crippen LogP contribution < -0.4 is 4.74 Å². The van der Waals surface area contributed by atoms with Crippen molar-refractivity contribution < 1.29 is 24.2 Å². The third-order valence-electron chi connectivity index (χ3n) is 10.2. The minimum atomic E-state index is -0.956. The summed E-state index contributed by atoms with van der Waals surface area (Å²) >= 11 is 1.79. The van der Waals surface area contributed by atoms with Crippen LogP contribution in [0, 0.1) is 28.6 Å². The van der Waals surface area contributed by atoms with Gasteiger partial charge in [-0.1, -0.05) is 32.4 Å². The van der Waals surface area contributed by atoms with Gasteiger partial charge in [0.15, 0.2) is 0 Å². The average Bonchev–Trinajstić information content (AvgIpc) is 3.45. The maximum atomic E-state index is 12.1. The van der Waals surface area contributed by atoms with Crippen molar-refractivity contribution in [1.82, 2.24) is 4.98 Å². The summed E-state index contributed by atoms with van der Waals surface area (Å²) in [6.07, 6.45) is 12.1. The topological polar surface area (TPSA) is 85.7 Å². The molecule has 0 bridgehead atoms. The van der Waals surface area contributed by atoms with Crippen molar-refractivity contribution in [3.8, 4) is 5.88 Å². The number of carbonyl (C=O) groups excluding carboxylic acids is 1. The number of hydrogen-bond acceptors (Lipinski definition) is 6. The highest BCUT2D eigenvalue weighted by atomic mass is 32.1. The van der Waals surface area contributed by atoms with E-state index in [-0.39, 0.29) is 30.3 Å². The summed E-state index contributed by atoms with van der Waals surface area (Å²) in [6.45, 7) is 7.85. The van der Waals surface area contributed by atoms with E-state index in [1.807, 2.05) is 0 Å². The third kappa shape index (κ3) is 4.61. The van der Waals surface area contributed by atoms with Crippen LogP contribution in [0.25, 0.3) is 0 Å². The summed E-state index contributed by atoms with van der Waals surface area (Å²) in [5.41, 5.74) is 1.97. The molecule has 7 heteroatoms. The zero-order chi connectivity index (χ0) is 25.5. The standard InChI is InChI=1S/C29H41NO5S/c1-4-15-34-24-17-36-27(30-24)23-8-7-21-20-6-5-18-16-19(35-26(33)10-9-25(31)32)11-13-28(18,2)22(20)12-14-29(21,23)3/h5,17,19-23H,4,6-16H2,1-3H3,(H,31,32)/t19?,20-,21-,22-,23?,28-,29-/m0/s1. The predicted molar refractivity (Wildman–Crippen MR) is 139 cm³/mol. The minimum Gasteiger partial charge on any atom is -0.481 e. The van der Waals surface area contributed by atoms with Gasteiger partial charge in [0.1, 0.15) is 11.1 Å². The van der Waals surface area contributed by atoms with E-state index >= 15 is 0 Å². The van der Waals surface area contributed by atoms with Gasteiger partial charge in [-0.05, 0) is 80.0 Å². The second kappa shape index (κ2) is 10.1. The van der Waals surface area contributed by atoms with Gasteiger partial charge in [-0.2, -0.15) is 0 Å². The molecule has 0 amide bonds. The number of fused-ring (bicyclic) bond motifs is 5. The summed E-state index contributed by atoms with van der Waals surface area (Å²) in [7, 11) is 0. The molecule has 0 saturated heterocycles. The van der Waals surface area contributed by atoms with Crippen LogP contribution in [0.15, 0.2) is 17.0 Å². The molecule has 1 heterocycles. The first-order valence-electron chi connectivity index (χ1n) is 13.9. The Labute approximate surface area is 218 Å². The maximum Gasteiger partial charge on any atom is 0.306 e. The van der Waals surface area contributed by atoms with Crippen LogP contribution in [0.4, 0.5) is 0 Å². The molecule has 1 aromatic rings. The number of allylic oxidation sites excluding steroid dienone is 1. The highest BCUT2D eigenvalue weighted by molar-refractivity contribution is 7.09. The lowest BCUT2D eigenvalue weighted by Gasteiger charge is -2.58. The summed E-state index contributed by atoms with van der Waals surface area (Å²) < 4.78 is 11.5. The molecular formula is C29H41NO5S. The fourth-order valence-corrected chi connectivity index (χ4v) is 9.33. The number of aromatic nitrogens is 1. The Morgan fingerprint density at radius 3 is 2.75 bits per heavy atom. The number of rotatable bonds is 8. The molecule has 2 unspecified atom stereocenters. The monoisotopic (exact) mass is 515 g/mol. The van der Waals surface area contributed by atoms with Gasteiger partial charge in [0.25, 0.3) is 0 Å². The first-order chi connectivity index (χ1) is 17.2. The number of carbonyl (C=O) groups is 2. The normalized spacial score (nSPS) is 37.3. The number of ether oxygens (including phenoxy) is 2. The number of carboxylic acid groups (broad SMARTS) is 1. The van der Waals surface area contributed by atoms with E-state index in [0.29, 0.717) is 23.2 Å².